The van der Waals surface area contributed by atoms with Crippen LogP contribution in [0.2, 0.25) is 0 Å². The molecule has 0 radical (unpaired) electrons. The van der Waals surface area contributed by atoms with E-state index in [9.17, 15) is 9.90 Å². The lowest BCUT2D eigenvalue weighted by molar-refractivity contribution is 0.167. The molecule has 1 aromatic heterocycles. The van der Waals surface area contributed by atoms with Crippen LogP contribution in [0.5, 0.6) is 0 Å². The number of rotatable bonds is 3. The number of aliphatic hydroxyl groups excluding tert-OH is 1. The Morgan fingerprint density at radius 1 is 1.43 bits per heavy atom. The average Bonchev–Trinajstić information content (AvgIpc) is 3.04. The van der Waals surface area contributed by atoms with E-state index in [-0.39, 0.29) is 12.6 Å². The summed E-state index contributed by atoms with van der Waals surface area (Å²) in [5.41, 5.74) is 1.59. The molecule has 0 spiro atoms. The molecule has 0 bridgehead atoms. The normalized spacial score (nSPS) is 17.0. The molecular formula is C15H19N3O3. The SMILES string of the molecule is Cc1nc2cc(NC(=O)NC3(CO)CCCC3)ccc2o1. The van der Waals surface area contributed by atoms with Crippen molar-refractivity contribution in [2.45, 2.75) is 38.1 Å². The number of nitrogens with one attached hydrogen (secondary N) is 2. The molecule has 0 aliphatic heterocycles. The number of urea groups is 1. The molecule has 1 heterocycles. The molecule has 21 heavy (non-hydrogen) atoms. The monoisotopic (exact) mass is 289 g/mol. The number of benzene rings is 1. The summed E-state index contributed by atoms with van der Waals surface area (Å²) in [6.07, 6.45) is 3.70. The topological polar surface area (TPSA) is 87.4 Å². The molecule has 6 nitrogen and oxygen atoms in total. The van der Waals surface area contributed by atoms with Crippen molar-refractivity contribution in [1.82, 2.24) is 10.3 Å². The third-order valence-electron chi connectivity index (χ3n) is 3.99. The third-order valence-corrected chi connectivity index (χ3v) is 3.99. The standard InChI is InChI=1S/C15H19N3O3/c1-10-16-12-8-11(4-5-13(12)21-10)17-14(20)18-15(9-19)6-2-3-7-15/h4-5,8,19H,2-3,6-7,9H2,1H3,(H2,17,18,20). The fourth-order valence-electron chi connectivity index (χ4n) is 2.90. The van der Waals surface area contributed by atoms with E-state index in [0.717, 1.165) is 25.7 Å². The molecular weight excluding hydrogens is 270 g/mol. The van der Waals surface area contributed by atoms with Gasteiger partial charge in [0.25, 0.3) is 0 Å². The van der Waals surface area contributed by atoms with Crippen molar-refractivity contribution in [1.29, 1.82) is 0 Å². The summed E-state index contributed by atoms with van der Waals surface area (Å²) in [6, 6.07) is 5.02. The van der Waals surface area contributed by atoms with Gasteiger partial charge in [-0.3, -0.25) is 0 Å². The zero-order valence-electron chi connectivity index (χ0n) is 12.0. The Labute approximate surface area is 122 Å². The zero-order chi connectivity index (χ0) is 14.9. The van der Waals surface area contributed by atoms with Crippen molar-refractivity contribution < 1.29 is 14.3 Å². The van der Waals surface area contributed by atoms with Crippen LogP contribution in [0.1, 0.15) is 31.6 Å². The van der Waals surface area contributed by atoms with E-state index >= 15 is 0 Å². The average molecular weight is 289 g/mol. The number of hydrogen-bond donors (Lipinski definition) is 3. The molecule has 3 rings (SSSR count). The largest absolute Gasteiger partial charge is 0.441 e. The van der Waals surface area contributed by atoms with Crippen LogP contribution in [0.15, 0.2) is 22.6 Å². The highest BCUT2D eigenvalue weighted by Gasteiger charge is 2.34. The molecule has 0 unspecified atom stereocenters. The number of aromatic nitrogens is 1. The zero-order valence-corrected chi connectivity index (χ0v) is 12.0. The predicted octanol–water partition coefficient (Wildman–Crippen LogP) is 2.56. The van der Waals surface area contributed by atoms with E-state index in [0.29, 0.717) is 22.7 Å². The first-order valence-corrected chi connectivity index (χ1v) is 7.17. The van der Waals surface area contributed by atoms with E-state index in [4.69, 9.17) is 4.42 Å². The van der Waals surface area contributed by atoms with Crippen LogP contribution >= 0.6 is 0 Å². The molecule has 0 atom stereocenters. The van der Waals surface area contributed by atoms with Gasteiger partial charge in [0.2, 0.25) is 0 Å². The lowest BCUT2D eigenvalue weighted by Crippen LogP contribution is -2.50. The van der Waals surface area contributed by atoms with Gasteiger partial charge in [-0.25, -0.2) is 9.78 Å². The number of aliphatic hydroxyl groups is 1. The van der Waals surface area contributed by atoms with Crippen LogP contribution in [0.25, 0.3) is 11.1 Å². The molecule has 2 aromatic rings. The number of fused-ring (bicyclic) bond motifs is 1. The van der Waals surface area contributed by atoms with E-state index in [1.54, 1.807) is 25.1 Å². The number of carbonyl (C=O) groups excluding carboxylic acids is 1. The molecule has 1 aliphatic carbocycles. The Balaban J connectivity index is 1.70. The van der Waals surface area contributed by atoms with Crippen molar-refractivity contribution in [3.8, 4) is 0 Å². The Hall–Kier alpha value is -2.08. The van der Waals surface area contributed by atoms with Gasteiger partial charge in [0, 0.05) is 12.6 Å². The van der Waals surface area contributed by atoms with E-state index in [2.05, 4.69) is 15.6 Å². The highest BCUT2D eigenvalue weighted by molar-refractivity contribution is 5.92. The smallest absolute Gasteiger partial charge is 0.319 e. The van der Waals surface area contributed by atoms with E-state index in [1.165, 1.54) is 0 Å². The first kappa shape index (κ1) is 13.9. The van der Waals surface area contributed by atoms with Crippen LogP contribution < -0.4 is 10.6 Å². The summed E-state index contributed by atoms with van der Waals surface area (Å²) in [5, 5.41) is 15.2. The van der Waals surface area contributed by atoms with Gasteiger partial charge < -0.3 is 20.2 Å². The molecule has 3 N–H and O–H groups in total. The Morgan fingerprint density at radius 2 is 2.19 bits per heavy atom. The number of carbonyl (C=O) groups is 1. The minimum absolute atomic E-state index is 0.0259. The predicted molar refractivity (Wildman–Crippen MR) is 79.2 cm³/mol. The molecule has 6 heteroatoms. The van der Waals surface area contributed by atoms with Gasteiger partial charge in [0.15, 0.2) is 11.5 Å². The number of hydrogen-bond acceptors (Lipinski definition) is 4. The molecule has 112 valence electrons. The fourth-order valence-corrected chi connectivity index (χ4v) is 2.90. The Bertz CT molecular complexity index is 659. The maximum atomic E-state index is 12.1. The first-order chi connectivity index (χ1) is 10.1. The number of nitrogens with zero attached hydrogens (tertiary/aromatic N) is 1. The van der Waals surface area contributed by atoms with E-state index < -0.39 is 5.54 Å². The van der Waals surface area contributed by atoms with Gasteiger partial charge in [-0.1, -0.05) is 12.8 Å². The Morgan fingerprint density at radius 3 is 2.90 bits per heavy atom. The van der Waals surface area contributed by atoms with Crippen molar-refractivity contribution >= 4 is 22.8 Å². The van der Waals surface area contributed by atoms with Crippen LogP contribution in [-0.2, 0) is 0 Å². The molecule has 1 aliphatic rings. The highest BCUT2D eigenvalue weighted by Crippen LogP contribution is 2.29. The minimum Gasteiger partial charge on any atom is -0.441 e. The van der Waals surface area contributed by atoms with Crippen molar-refractivity contribution in [2.24, 2.45) is 0 Å². The van der Waals surface area contributed by atoms with E-state index in [1.807, 2.05) is 0 Å². The van der Waals surface area contributed by atoms with Crippen LogP contribution in [-0.4, -0.2) is 28.3 Å². The lowest BCUT2D eigenvalue weighted by Gasteiger charge is -2.27. The maximum Gasteiger partial charge on any atom is 0.319 e. The number of oxazole rings is 1. The van der Waals surface area contributed by atoms with Gasteiger partial charge in [0.1, 0.15) is 5.52 Å². The summed E-state index contributed by atoms with van der Waals surface area (Å²) in [6.45, 7) is 1.76. The van der Waals surface area contributed by atoms with Crippen LogP contribution in [0, 0.1) is 6.92 Å². The second-order valence-corrected chi connectivity index (χ2v) is 5.64. The van der Waals surface area contributed by atoms with Gasteiger partial charge in [-0.05, 0) is 31.0 Å². The maximum absolute atomic E-state index is 12.1. The van der Waals surface area contributed by atoms with Gasteiger partial charge >= 0.3 is 6.03 Å². The summed E-state index contributed by atoms with van der Waals surface area (Å²) in [5.74, 6) is 0.594. The first-order valence-electron chi connectivity index (χ1n) is 7.17. The van der Waals surface area contributed by atoms with Gasteiger partial charge in [0.05, 0.1) is 12.1 Å². The highest BCUT2D eigenvalue weighted by atomic mass is 16.3. The number of aryl methyl sites for hydroxylation is 1. The molecule has 1 saturated carbocycles. The second kappa shape index (κ2) is 5.37. The van der Waals surface area contributed by atoms with Crippen LogP contribution in [0.3, 0.4) is 0 Å². The van der Waals surface area contributed by atoms with Crippen molar-refractivity contribution in [2.75, 3.05) is 11.9 Å². The molecule has 1 fully saturated rings. The summed E-state index contributed by atoms with van der Waals surface area (Å²) in [7, 11) is 0. The second-order valence-electron chi connectivity index (χ2n) is 5.64. The minimum atomic E-state index is -0.474. The molecule has 2 amide bonds. The van der Waals surface area contributed by atoms with Gasteiger partial charge in [-0.2, -0.15) is 0 Å². The van der Waals surface area contributed by atoms with Gasteiger partial charge in [-0.15, -0.1) is 0 Å². The van der Waals surface area contributed by atoms with Crippen molar-refractivity contribution in [3.05, 3.63) is 24.1 Å². The lowest BCUT2D eigenvalue weighted by atomic mass is 9.99. The third kappa shape index (κ3) is 2.85. The number of anilines is 1. The van der Waals surface area contributed by atoms with Crippen molar-refractivity contribution in [3.63, 3.8) is 0 Å². The molecule has 1 aromatic carbocycles. The summed E-state index contributed by atoms with van der Waals surface area (Å²) < 4.78 is 5.40. The summed E-state index contributed by atoms with van der Waals surface area (Å²) in [4.78, 5) is 16.3. The fraction of sp³-hybridized carbons (Fsp3) is 0.467. The Kier molecular flexibility index (Phi) is 3.55. The molecule has 0 saturated heterocycles. The summed E-state index contributed by atoms with van der Waals surface area (Å²) >= 11 is 0. The van der Waals surface area contributed by atoms with Crippen LogP contribution in [0.4, 0.5) is 10.5 Å². The quantitative estimate of drug-likeness (QED) is 0.810. The number of amides is 2.